The van der Waals surface area contributed by atoms with E-state index in [2.05, 4.69) is 0 Å². The summed E-state index contributed by atoms with van der Waals surface area (Å²) in [6.07, 6.45) is 3.12. The maximum atomic E-state index is 13.2. The zero-order chi connectivity index (χ0) is 27.0. The number of ether oxygens (including phenoxy) is 7. The summed E-state index contributed by atoms with van der Waals surface area (Å²) < 4.78 is 39.2. The molecule has 0 atom stereocenters. The van der Waals surface area contributed by atoms with Crippen LogP contribution in [0.1, 0.15) is 37.4 Å². The average Bonchev–Trinajstić information content (AvgIpc) is 3.62. The largest absolute Gasteiger partial charge is 0.493 e. The molecule has 0 amide bonds. The molecule has 0 unspecified atom stereocenters. The van der Waals surface area contributed by atoms with Gasteiger partial charge in [0.25, 0.3) is 0 Å². The molecule has 0 spiro atoms. The van der Waals surface area contributed by atoms with Crippen molar-refractivity contribution in [3.05, 3.63) is 64.2 Å². The Morgan fingerprint density at radius 3 is 2.00 bits per heavy atom. The Hall–Kier alpha value is -4.66. The maximum absolute atomic E-state index is 13.2. The van der Waals surface area contributed by atoms with E-state index in [9.17, 15) is 9.59 Å². The SMILES string of the molecule is COC(=O)c1cc(OC)c2c(c1-c1c(/C=C/C(=O)c3cc(C)ccc3C)cc(OC)c3c1OCO3)OCO2. The Morgan fingerprint density at radius 1 is 0.763 bits per heavy atom. The van der Waals surface area contributed by atoms with E-state index in [4.69, 9.17) is 33.2 Å². The average molecular weight is 519 g/mol. The molecule has 2 aliphatic rings. The molecule has 3 aromatic carbocycles. The molecule has 0 saturated heterocycles. The second-order valence-electron chi connectivity index (χ2n) is 8.68. The van der Waals surface area contributed by atoms with Gasteiger partial charge in [0.15, 0.2) is 28.8 Å². The number of fused-ring (bicyclic) bond motifs is 2. The van der Waals surface area contributed by atoms with Crippen LogP contribution in [0.2, 0.25) is 0 Å². The molecule has 0 aromatic heterocycles. The van der Waals surface area contributed by atoms with Crippen LogP contribution < -0.4 is 28.4 Å². The Labute approximate surface area is 219 Å². The van der Waals surface area contributed by atoms with Crippen LogP contribution in [0, 0.1) is 13.8 Å². The van der Waals surface area contributed by atoms with Gasteiger partial charge in [-0.1, -0.05) is 23.8 Å². The summed E-state index contributed by atoms with van der Waals surface area (Å²) in [5.41, 5.74) is 3.92. The van der Waals surface area contributed by atoms with Gasteiger partial charge in [-0.25, -0.2) is 4.79 Å². The first-order valence-electron chi connectivity index (χ1n) is 11.8. The molecule has 3 aromatic rings. The molecule has 196 valence electrons. The lowest BCUT2D eigenvalue weighted by molar-refractivity contribution is 0.0600. The van der Waals surface area contributed by atoms with Crippen LogP contribution in [0.5, 0.6) is 34.5 Å². The minimum absolute atomic E-state index is 0.0590. The quantitative estimate of drug-likeness (QED) is 0.240. The fraction of sp³-hybridized carbons (Fsp3) is 0.241. The third-order valence-corrected chi connectivity index (χ3v) is 6.42. The fourth-order valence-electron chi connectivity index (χ4n) is 4.56. The summed E-state index contributed by atoms with van der Waals surface area (Å²) in [6.45, 7) is 3.68. The van der Waals surface area contributed by atoms with Crippen molar-refractivity contribution in [1.29, 1.82) is 0 Å². The van der Waals surface area contributed by atoms with Crippen molar-refractivity contribution in [3.8, 4) is 45.6 Å². The maximum Gasteiger partial charge on any atom is 0.338 e. The molecule has 9 heteroatoms. The van der Waals surface area contributed by atoms with Crippen LogP contribution in [-0.2, 0) is 4.74 Å². The number of carbonyl (C=O) groups excluding carboxylic acids is 2. The summed E-state index contributed by atoms with van der Waals surface area (Å²) in [5.74, 6) is 1.22. The van der Waals surface area contributed by atoms with Gasteiger partial charge in [-0.15, -0.1) is 0 Å². The predicted molar refractivity (Wildman–Crippen MR) is 138 cm³/mol. The van der Waals surface area contributed by atoms with Gasteiger partial charge in [0.2, 0.25) is 25.1 Å². The van der Waals surface area contributed by atoms with Crippen molar-refractivity contribution in [2.24, 2.45) is 0 Å². The summed E-state index contributed by atoms with van der Waals surface area (Å²) in [4.78, 5) is 26.2. The Bertz CT molecular complexity index is 1490. The number of aryl methyl sites for hydroxylation is 2. The zero-order valence-electron chi connectivity index (χ0n) is 21.6. The van der Waals surface area contributed by atoms with E-state index in [-0.39, 0.29) is 30.7 Å². The van der Waals surface area contributed by atoms with Crippen molar-refractivity contribution in [2.75, 3.05) is 34.9 Å². The van der Waals surface area contributed by atoms with Gasteiger partial charge in [0, 0.05) is 16.7 Å². The summed E-state index contributed by atoms with van der Waals surface area (Å²) >= 11 is 0. The number of methoxy groups -OCH3 is 3. The molecule has 0 aliphatic carbocycles. The van der Waals surface area contributed by atoms with Crippen molar-refractivity contribution in [3.63, 3.8) is 0 Å². The topological polar surface area (TPSA) is 98.8 Å². The van der Waals surface area contributed by atoms with Gasteiger partial charge in [-0.05, 0) is 49.2 Å². The summed E-state index contributed by atoms with van der Waals surface area (Å²) in [6, 6.07) is 8.95. The lowest BCUT2D eigenvalue weighted by atomic mass is 9.91. The highest BCUT2D eigenvalue weighted by atomic mass is 16.7. The lowest BCUT2D eigenvalue weighted by Gasteiger charge is -2.18. The van der Waals surface area contributed by atoms with Crippen LogP contribution in [-0.4, -0.2) is 46.7 Å². The number of hydrogen-bond acceptors (Lipinski definition) is 9. The van der Waals surface area contributed by atoms with Gasteiger partial charge in [-0.3, -0.25) is 4.79 Å². The van der Waals surface area contributed by atoms with E-state index in [0.29, 0.717) is 51.0 Å². The number of carbonyl (C=O) groups is 2. The van der Waals surface area contributed by atoms with Crippen LogP contribution in [0.25, 0.3) is 17.2 Å². The molecule has 38 heavy (non-hydrogen) atoms. The molecule has 5 rings (SSSR count). The lowest BCUT2D eigenvalue weighted by Crippen LogP contribution is -2.07. The Kier molecular flexibility index (Phi) is 6.59. The minimum atomic E-state index is -0.624. The number of rotatable bonds is 7. The van der Waals surface area contributed by atoms with E-state index in [0.717, 1.165) is 11.1 Å². The van der Waals surface area contributed by atoms with Gasteiger partial charge in [0.05, 0.1) is 26.9 Å². The number of allylic oxidation sites excluding steroid dienone is 1. The first-order chi connectivity index (χ1) is 18.4. The van der Waals surface area contributed by atoms with E-state index < -0.39 is 5.97 Å². The number of ketones is 1. The second-order valence-corrected chi connectivity index (χ2v) is 8.68. The minimum Gasteiger partial charge on any atom is -0.493 e. The van der Waals surface area contributed by atoms with Crippen LogP contribution >= 0.6 is 0 Å². The third kappa shape index (κ3) is 4.15. The molecule has 0 N–H and O–H groups in total. The molecule has 0 bridgehead atoms. The predicted octanol–water partition coefficient (Wildman–Crippen LogP) is 5.13. The van der Waals surface area contributed by atoms with Crippen LogP contribution in [0.15, 0.2) is 36.4 Å². The molecule has 0 saturated carbocycles. The number of hydrogen-bond donors (Lipinski definition) is 0. The summed E-state index contributed by atoms with van der Waals surface area (Å²) in [7, 11) is 4.26. The third-order valence-electron chi connectivity index (χ3n) is 6.42. The first kappa shape index (κ1) is 25.0. The molecule has 2 aliphatic heterocycles. The van der Waals surface area contributed by atoms with Crippen LogP contribution in [0.3, 0.4) is 0 Å². The van der Waals surface area contributed by atoms with Gasteiger partial charge >= 0.3 is 5.97 Å². The highest BCUT2D eigenvalue weighted by Crippen LogP contribution is 2.56. The molecule has 0 radical (unpaired) electrons. The standard InChI is InChI=1S/C29H26O9/c1-15-6-7-16(2)18(10-15)20(30)9-8-17-11-21(32-3)25-27(37-13-35-25)23(17)24-19(29(31)34-5)12-22(33-4)26-28(24)38-14-36-26/h6-12H,13-14H2,1-5H3/b9-8+. The Balaban J connectivity index is 1.77. The van der Waals surface area contributed by atoms with Gasteiger partial charge in [-0.2, -0.15) is 0 Å². The van der Waals surface area contributed by atoms with Crippen molar-refractivity contribution >= 4 is 17.8 Å². The smallest absolute Gasteiger partial charge is 0.338 e. The van der Waals surface area contributed by atoms with E-state index in [1.165, 1.54) is 33.5 Å². The van der Waals surface area contributed by atoms with Crippen molar-refractivity contribution in [2.45, 2.75) is 13.8 Å². The zero-order valence-corrected chi connectivity index (χ0v) is 21.6. The normalized spacial score (nSPS) is 13.1. The van der Waals surface area contributed by atoms with E-state index in [1.807, 2.05) is 32.0 Å². The van der Waals surface area contributed by atoms with E-state index in [1.54, 1.807) is 12.1 Å². The van der Waals surface area contributed by atoms with Crippen LogP contribution in [0.4, 0.5) is 0 Å². The molecule has 9 nitrogen and oxygen atoms in total. The fourth-order valence-corrected chi connectivity index (χ4v) is 4.56. The van der Waals surface area contributed by atoms with Crippen molar-refractivity contribution < 1.29 is 42.7 Å². The monoisotopic (exact) mass is 518 g/mol. The Morgan fingerprint density at radius 2 is 1.37 bits per heavy atom. The molecular formula is C29H26O9. The second kappa shape index (κ2) is 10.0. The highest BCUT2D eigenvalue weighted by molar-refractivity contribution is 6.09. The number of benzene rings is 3. The first-order valence-corrected chi connectivity index (χ1v) is 11.8. The van der Waals surface area contributed by atoms with Gasteiger partial charge in [0.1, 0.15) is 0 Å². The van der Waals surface area contributed by atoms with Crippen molar-refractivity contribution in [1.82, 2.24) is 0 Å². The highest BCUT2D eigenvalue weighted by Gasteiger charge is 2.35. The van der Waals surface area contributed by atoms with E-state index >= 15 is 0 Å². The van der Waals surface area contributed by atoms with Gasteiger partial charge < -0.3 is 33.2 Å². The molecular weight excluding hydrogens is 492 g/mol. The molecule has 0 fully saturated rings. The molecule has 2 heterocycles. The number of esters is 1. The summed E-state index contributed by atoms with van der Waals surface area (Å²) in [5, 5.41) is 0.